The van der Waals surface area contributed by atoms with E-state index in [9.17, 15) is 9.59 Å². The third-order valence-corrected chi connectivity index (χ3v) is 6.88. The molecule has 0 radical (unpaired) electrons. The minimum atomic E-state index is -1.25. The van der Waals surface area contributed by atoms with Gasteiger partial charge in [0.1, 0.15) is 22.8 Å². The van der Waals surface area contributed by atoms with Crippen molar-refractivity contribution in [3.8, 4) is 17.2 Å². The van der Waals surface area contributed by atoms with Crippen molar-refractivity contribution in [1.29, 1.82) is 0 Å². The molecule has 2 atom stereocenters. The Morgan fingerprint density at radius 3 is 2.26 bits per heavy atom. The van der Waals surface area contributed by atoms with E-state index in [4.69, 9.17) is 23.9 Å². The number of esters is 1. The fourth-order valence-corrected chi connectivity index (χ4v) is 4.87. The lowest BCUT2D eigenvalue weighted by Crippen LogP contribution is -2.43. The average molecular weight is 531 g/mol. The molecule has 0 unspecified atom stereocenters. The molecule has 0 aliphatic carbocycles. The monoisotopic (exact) mass is 530 g/mol. The van der Waals surface area contributed by atoms with Crippen molar-refractivity contribution >= 4 is 17.8 Å². The van der Waals surface area contributed by atoms with Crippen LogP contribution in [0.1, 0.15) is 42.1 Å². The molecule has 39 heavy (non-hydrogen) atoms. The van der Waals surface area contributed by atoms with Gasteiger partial charge in [-0.1, -0.05) is 43.7 Å². The van der Waals surface area contributed by atoms with E-state index >= 15 is 0 Å². The van der Waals surface area contributed by atoms with Gasteiger partial charge in [-0.2, -0.15) is 0 Å². The van der Waals surface area contributed by atoms with E-state index in [1.54, 1.807) is 56.5 Å². The zero-order valence-electron chi connectivity index (χ0n) is 22.8. The highest BCUT2D eigenvalue weighted by Gasteiger charge is 2.51. The van der Waals surface area contributed by atoms with Crippen LogP contribution in [0.4, 0.5) is 0 Å². The van der Waals surface area contributed by atoms with E-state index in [0.29, 0.717) is 29.9 Å². The number of ether oxygens (including phenoxy) is 4. The second-order valence-corrected chi connectivity index (χ2v) is 9.30. The number of allylic oxidation sites excluding steroid dienone is 1. The van der Waals surface area contributed by atoms with Crippen molar-refractivity contribution in [2.24, 2.45) is 10.9 Å². The first-order valence-corrected chi connectivity index (χ1v) is 12.9. The van der Waals surface area contributed by atoms with Crippen LogP contribution in [0.25, 0.3) is 0 Å². The molecule has 0 bridgehead atoms. The molecule has 1 aliphatic heterocycles. The second kappa shape index (κ2) is 12.5. The Kier molecular flexibility index (Phi) is 8.86. The SMILES string of the molecule is CCC[C@@H](/C=C/CC(=O)n1cccc1)[C@@]1(Cc2ccc(OC)cc2)N=C(c2c(OC)cccc2OC)OC1=O. The molecule has 1 aromatic heterocycles. The summed E-state index contributed by atoms with van der Waals surface area (Å²) in [6.45, 7) is 2.06. The van der Waals surface area contributed by atoms with Gasteiger partial charge in [0.05, 0.1) is 21.3 Å². The zero-order chi connectivity index (χ0) is 27.8. The smallest absolute Gasteiger partial charge is 0.341 e. The van der Waals surface area contributed by atoms with Crippen LogP contribution in [0.5, 0.6) is 17.2 Å². The first-order valence-electron chi connectivity index (χ1n) is 12.9. The van der Waals surface area contributed by atoms with Crippen LogP contribution >= 0.6 is 0 Å². The number of carbonyl (C=O) groups excluding carboxylic acids is 2. The van der Waals surface area contributed by atoms with E-state index < -0.39 is 11.5 Å². The van der Waals surface area contributed by atoms with E-state index in [0.717, 1.165) is 17.7 Å². The van der Waals surface area contributed by atoms with Gasteiger partial charge in [-0.05, 0) is 48.4 Å². The third-order valence-electron chi connectivity index (χ3n) is 6.88. The summed E-state index contributed by atoms with van der Waals surface area (Å²) in [6, 6.07) is 16.5. The van der Waals surface area contributed by atoms with Crippen molar-refractivity contribution in [1.82, 2.24) is 4.57 Å². The first-order chi connectivity index (χ1) is 18.9. The minimum Gasteiger partial charge on any atom is -0.497 e. The highest BCUT2D eigenvalue weighted by atomic mass is 16.6. The highest BCUT2D eigenvalue weighted by molar-refractivity contribution is 6.11. The lowest BCUT2D eigenvalue weighted by Gasteiger charge is -2.30. The van der Waals surface area contributed by atoms with Gasteiger partial charge in [0, 0.05) is 31.2 Å². The zero-order valence-corrected chi connectivity index (χ0v) is 22.8. The number of methoxy groups -OCH3 is 3. The number of hydrogen-bond acceptors (Lipinski definition) is 7. The standard InChI is InChI=1S/C31H34N2O6/c1-5-10-23(11-8-14-27(34)33-19-6-7-20-33)31(21-22-15-17-24(36-2)18-16-22)30(35)39-29(32-31)28-25(37-3)12-9-13-26(28)38-4/h6-9,11-13,15-20,23H,5,10,14,21H2,1-4H3/b11-8+/t23-,31+/m0/s1. The topological polar surface area (TPSA) is 88.4 Å². The molecule has 0 N–H and O–H groups in total. The van der Waals surface area contributed by atoms with Gasteiger partial charge in [-0.15, -0.1) is 0 Å². The molecular weight excluding hydrogens is 496 g/mol. The van der Waals surface area contributed by atoms with E-state index in [2.05, 4.69) is 6.92 Å². The van der Waals surface area contributed by atoms with Crippen molar-refractivity contribution in [2.45, 2.75) is 38.1 Å². The van der Waals surface area contributed by atoms with Gasteiger partial charge < -0.3 is 18.9 Å². The van der Waals surface area contributed by atoms with Crippen LogP contribution in [0.3, 0.4) is 0 Å². The molecule has 0 fully saturated rings. The van der Waals surface area contributed by atoms with E-state index in [-0.39, 0.29) is 24.1 Å². The summed E-state index contributed by atoms with van der Waals surface area (Å²) >= 11 is 0. The highest BCUT2D eigenvalue weighted by Crippen LogP contribution is 2.41. The number of rotatable bonds is 12. The summed E-state index contributed by atoms with van der Waals surface area (Å²) in [5.41, 5.74) is 0.135. The molecule has 2 aromatic carbocycles. The van der Waals surface area contributed by atoms with Crippen molar-refractivity contribution in [3.63, 3.8) is 0 Å². The number of aromatic nitrogens is 1. The Balaban J connectivity index is 1.78. The number of cyclic esters (lactones) is 1. The molecule has 3 aromatic rings. The number of hydrogen-bond donors (Lipinski definition) is 0. The maximum absolute atomic E-state index is 13.9. The van der Waals surface area contributed by atoms with Gasteiger partial charge in [-0.25, -0.2) is 9.79 Å². The molecule has 8 heteroatoms. The van der Waals surface area contributed by atoms with Crippen molar-refractivity contribution in [3.05, 3.63) is 90.3 Å². The summed E-state index contributed by atoms with van der Waals surface area (Å²) in [5, 5.41) is 0. The van der Waals surface area contributed by atoms with Crippen LogP contribution < -0.4 is 14.2 Å². The molecule has 0 amide bonds. The maximum atomic E-state index is 13.9. The van der Waals surface area contributed by atoms with Crippen LogP contribution in [0.15, 0.2) is 84.1 Å². The molecule has 0 saturated heterocycles. The predicted molar refractivity (Wildman–Crippen MR) is 149 cm³/mol. The van der Waals surface area contributed by atoms with Crippen molar-refractivity contribution in [2.75, 3.05) is 21.3 Å². The molecule has 2 heterocycles. The Morgan fingerprint density at radius 2 is 1.67 bits per heavy atom. The molecule has 8 nitrogen and oxygen atoms in total. The normalized spacial score (nSPS) is 17.5. The summed E-state index contributed by atoms with van der Waals surface area (Å²) in [6.07, 6.45) is 9.16. The fourth-order valence-electron chi connectivity index (χ4n) is 4.87. The van der Waals surface area contributed by atoms with Crippen LogP contribution in [-0.2, 0) is 16.0 Å². The number of aliphatic imine (C=N–C) groups is 1. The molecule has 204 valence electrons. The summed E-state index contributed by atoms with van der Waals surface area (Å²) in [7, 11) is 4.70. The molecular formula is C31H34N2O6. The van der Waals surface area contributed by atoms with Gasteiger partial charge in [0.25, 0.3) is 0 Å². The van der Waals surface area contributed by atoms with E-state index in [1.807, 2.05) is 48.6 Å². The molecule has 4 rings (SSSR count). The Hall–Kier alpha value is -4.33. The van der Waals surface area contributed by atoms with Crippen molar-refractivity contribution < 1.29 is 28.5 Å². The largest absolute Gasteiger partial charge is 0.497 e. The quantitative estimate of drug-likeness (QED) is 0.227. The number of carbonyl (C=O) groups is 2. The minimum absolute atomic E-state index is 0.0624. The van der Waals surface area contributed by atoms with Gasteiger partial charge in [0.15, 0.2) is 5.54 Å². The van der Waals surface area contributed by atoms with E-state index in [1.165, 1.54) is 0 Å². The Morgan fingerprint density at radius 1 is 1.00 bits per heavy atom. The summed E-state index contributed by atoms with van der Waals surface area (Å²) < 4.78 is 23.9. The maximum Gasteiger partial charge on any atom is 0.341 e. The van der Waals surface area contributed by atoms with Gasteiger partial charge in [0.2, 0.25) is 11.8 Å². The summed E-state index contributed by atoms with van der Waals surface area (Å²) in [5.74, 6) is 1.00. The molecule has 1 aliphatic rings. The average Bonchev–Trinajstić information content (AvgIpc) is 3.61. The second-order valence-electron chi connectivity index (χ2n) is 9.30. The summed E-state index contributed by atoms with van der Waals surface area (Å²) in [4.78, 5) is 31.5. The lowest BCUT2D eigenvalue weighted by molar-refractivity contribution is -0.140. The predicted octanol–water partition coefficient (Wildman–Crippen LogP) is 5.50. The van der Waals surface area contributed by atoms with Gasteiger partial charge in [-0.3, -0.25) is 9.36 Å². The van der Waals surface area contributed by atoms with Crippen LogP contribution in [0, 0.1) is 5.92 Å². The first kappa shape index (κ1) is 27.7. The molecule has 0 spiro atoms. The lowest BCUT2D eigenvalue weighted by atomic mass is 9.77. The number of benzene rings is 2. The van der Waals surface area contributed by atoms with Gasteiger partial charge >= 0.3 is 5.97 Å². The number of nitrogens with zero attached hydrogens (tertiary/aromatic N) is 2. The Bertz CT molecular complexity index is 1320. The third kappa shape index (κ3) is 5.90. The van der Waals surface area contributed by atoms with Crippen LogP contribution in [-0.4, -0.2) is 49.2 Å². The fraction of sp³-hybridized carbons (Fsp3) is 0.323. The molecule has 0 saturated carbocycles. The Labute approximate surface area is 228 Å². The van der Waals surface area contributed by atoms with Crippen LogP contribution in [0.2, 0.25) is 0 Å².